The third-order valence-corrected chi connectivity index (χ3v) is 5.22. The fraction of sp³-hybridized carbons (Fsp3) is 0.217. The lowest BCUT2D eigenvalue weighted by molar-refractivity contribution is -0.118. The normalized spacial score (nSPS) is 10.3. The van der Waals surface area contributed by atoms with Crippen LogP contribution in [0.15, 0.2) is 60.7 Å². The number of nitrogens with one attached hydrogen (secondary N) is 1. The highest BCUT2D eigenvalue weighted by Gasteiger charge is 2.16. The Morgan fingerprint density at radius 3 is 2.30 bits per heavy atom. The lowest BCUT2D eigenvalue weighted by Crippen LogP contribution is -2.19. The van der Waals surface area contributed by atoms with Crippen LogP contribution in [0.25, 0.3) is 0 Å². The first-order valence-electron chi connectivity index (χ1n) is 9.52. The first-order valence-corrected chi connectivity index (χ1v) is 10.3. The van der Waals surface area contributed by atoms with Crippen molar-refractivity contribution >= 4 is 28.2 Å². The molecule has 30 heavy (non-hydrogen) atoms. The van der Waals surface area contributed by atoms with Gasteiger partial charge in [0.1, 0.15) is 23.0 Å². The van der Waals surface area contributed by atoms with Crippen LogP contribution >= 0.6 is 11.3 Å². The minimum atomic E-state index is -0.383. The van der Waals surface area contributed by atoms with Gasteiger partial charge in [-0.1, -0.05) is 30.3 Å². The summed E-state index contributed by atoms with van der Waals surface area (Å²) in [5.41, 5.74) is 1.85. The number of hydrogen-bond acceptors (Lipinski definition) is 6. The molecule has 0 aliphatic heterocycles. The summed E-state index contributed by atoms with van der Waals surface area (Å²) < 4.78 is 16.3. The SMILES string of the molecule is CCOC(=O)c1sc(NC(=O)COc2ccc(OCc3ccccc3)cc2)cc1C. The molecule has 0 unspecified atom stereocenters. The summed E-state index contributed by atoms with van der Waals surface area (Å²) in [5, 5.41) is 3.32. The van der Waals surface area contributed by atoms with Gasteiger partial charge in [-0.2, -0.15) is 0 Å². The number of thiophene rings is 1. The average Bonchev–Trinajstić information content (AvgIpc) is 3.12. The van der Waals surface area contributed by atoms with Crippen molar-refractivity contribution in [2.24, 2.45) is 0 Å². The van der Waals surface area contributed by atoms with Crippen molar-refractivity contribution in [3.63, 3.8) is 0 Å². The molecule has 6 nitrogen and oxygen atoms in total. The molecule has 0 saturated carbocycles. The van der Waals surface area contributed by atoms with Crippen LogP contribution in [0.1, 0.15) is 27.7 Å². The number of aryl methyl sites for hydroxylation is 1. The molecule has 0 spiro atoms. The molecule has 1 heterocycles. The van der Waals surface area contributed by atoms with Gasteiger partial charge in [-0.15, -0.1) is 11.3 Å². The smallest absolute Gasteiger partial charge is 0.348 e. The van der Waals surface area contributed by atoms with Gasteiger partial charge in [0.25, 0.3) is 5.91 Å². The Balaban J connectivity index is 1.46. The fourth-order valence-electron chi connectivity index (χ4n) is 2.64. The van der Waals surface area contributed by atoms with E-state index < -0.39 is 0 Å². The van der Waals surface area contributed by atoms with Crippen LogP contribution < -0.4 is 14.8 Å². The molecule has 3 rings (SSSR count). The summed E-state index contributed by atoms with van der Waals surface area (Å²) in [5.74, 6) is 0.588. The van der Waals surface area contributed by atoms with Gasteiger partial charge in [-0.3, -0.25) is 4.79 Å². The number of amides is 1. The Labute approximate surface area is 179 Å². The number of ether oxygens (including phenoxy) is 3. The van der Waals surface area contributed by atoms with Crippen LogP contribution in [-0.4, -0.2) is 25.1 Å². The Hall–Kier alpha value is -3.32. The third kappa shape index (κ3) is 6.09. The van der Waals surface area contributed by atoms with E-state index in [9.17, 15) is 9.59 Å². The summed E-state index contributed by atoms with van der Waals surface area (Å²) in [6.07, 6.45) is 0. The molecule has 1 N–H and O–H groups in total. The van der Waals surface area contributed by atoms with Crippen molar-refractivity contribution < 1.29 is 23.8 Å². The number of anilines is 1. The average molecular weight is 426 g/mol. The predicted octanol–water partition coefficient (Wildman–Crippen LogP) is 4.83. The lowest BCUT2D eigenvalue weighted by Gasteiger charge is -2.09. The van der Waals surface area contributed by atoms with E-state index in [-0.39, 0.29) is 18.5 Å². The second-order valence-corrected chi connectivity index (χ2v) is 7.48. The van der Waals surface area contributed by atoms with E-state index in [1.807, 2.05) is 30.3 Å². The van der Waals surface area contributed by atoms with E-state index in [1.54, 1.807) is 44.2 Å². The molecule has 0 radical (unpaired) electrons. The molecule has 0 saturated heterocycles. The van der Waals surface area contributed by atoms with E-state index in [0.717, 1.165) is 16.9 Å². The monoisotopic (exact) mass is 425 g/mol. The number of hydrogen-bond donors (Lipinski definition) is 1. The second kappa shape index (κ2) is 10.5. The van der Waals surface area contributed by atoms with Gasteiger partial charge in [0.05, 0.1) is 11.6 Å². The van der Waals surface area contributed by atoms with Crippen molar-refractivity contribution in [3.05, 3.63) is 76.7 Å². The number of carbonyl (C=O) groups is 2. The molecule has 0 fully saturated rings. The minimum absolute atomic E-state index is 0.143. The molecule has 0 aliphatic rings. The minimum Gasteiger partial charge on any atom is -0.489 e. The van der Waals surface area contributed by atoms with Crippen molar-refractivity contribution in [2.75, 3.05) is 18.5 Å². The van der Waals surface area contributed by atoms with E-state index >= 15 is 0 Å². The van der Waals surface area contributed by atoms with Crippen molar-refractivity contribution in [3.8, 4) is 11.5 Å². The topological polar surface area (TPSA) is 73.9 Å². The van der Waals surface area contributed by atoms with Gasteiger partial charge >= 0.3 is 5.97 Å². The molecule has 3 aromatic rings. The Kier molecular flexibility index (Phi) is 7.45. The number of rotatable bonds is 9. The molecular formula is C23H23NO5S. The van der Waals surface area contributed by atoms with Crippen LogP contribution in [0, 0.1) is 6.92 Å². The van der Waals surface area contributed by atoms with Gasteiger partial charge in [-0.05, 0) is 55.3 Å². The van der Waals surface area contributed by atoms with Gasteiger partial charge < -0.3 is 19.5 Å². The van der Waals surface area contributed by atoms with Gasteiger partial charge in [-0.25, -0.2) is 4.79 Å². The fourth-order valence-corrected chi connectivity index (χ4v) is 3.62. The maximum Gasteiger partial charge on any atom is 0.348 e. The van der Waals surface area contributed by atoms with Crippen LogP contribution in [0.2, 0.25) is 0 Å². The van der Waals surface area contributed by atoms with Crippen LogP contribution in [0.5, 0.6) is 11.5 Å². The standard InChI is InChI=1S/C23H23NO5S/c1-3-27-23(26)22-16(2)13-21(30-22)24-20(25)15-29-19-11-9-18(10-12-19)28-14-17-7-5-4-6-8-17/h4-13H,3,14-15H2,1-2H3,(H,24,25). The van der Waals surface area contributed by atoms with Crippen molar-refractivity contribution in [1.29, 1.82) is 0 Å². The summed E-state index contributed by atoms with van der Waals surface area (Å²) in [7, 11) is 0. The van der Waals surface area contributed by atoms with E-state index in [2.05, 4.69) is 5.32 Å². The van der Waals surface area contributed by atoms with Crippen LogP contribution in [-0.2, 0) is 16.1 Å². The number of esters is 1. The first kappa shape index (κ1) is 21.4. The number of carbonyl (C=O) groups excluding carboxylic acids is 2. The zero-order chi connectivity index (χ0) is 21.3. The highest BCUT2D eigenvalue weighted by atomic mass is 32.1. The van der Waals surface area contributed by atoms with Gasteiger partial charge in [0.15, 0.2) is 6.61 Å². The summed E-state index contributed by atoms with van der Waals surface area (Å²) in [4.78, 5) is 24.5. The second-order valence-electron chi connectivity index (χ2n) is 6.43. The Bertz CT molecular complexity index is 983. The zero-order valence-electron chi connectivity index (χ0n) is 16.8. The van der Waals surface area contributed by atoms with E-state index in [1.165, 1.54) is 11.3 Å². The molecule has 0 bridgehead atoms. The lowest BCUT2D eigenvalue weighted by atomic mass is 10.2. The van der Waals surface area contributed by atoms with E-state index in [0.29, 0.717) is 28.8 Å². The maximum atomic E-state index is 12.2. The molecule has 0 atom stereocenters. The molecule has 1 aromatic heterocycles. The molecule has 156 valence electrons. The van der Waals surface area contributed by atoms with Crippen molar-refractivity contribution in [2.45, 2.75) is 20.5 Å². The predicted molar refractivity (Wildman–Crippen MR) is 116 cm³/mol. The van der Waals surface area contributed by atoms with Gasteiger partial charge in [0, 0.05) is 0 Å². The molecule has 2 aromatic carbocycles. The molecule has 7 heteroatoms. The Morgan fingerprint density at radius 1 is 0.967 bits per heavy atom. The van der Waals surface area contributed by atoms with E-state index in [4.69, 9.17) is 14.2 Å². The molecule has 0 aliphatic carbocycles. The largest absolute Gasteiger partial charge is 0.489 e. The van der Waals surface area contributed by atoms with Crippen LogP contribution in [0.4, 0.5) is 5.00 Å². The quantitative estimate of drug-likeness (QED) is 0.497. The third-order valence-electron chi connectivity index (χ3n) is 4.08. The number of benzene rings is 2. The van der Waals surface area contributed by atoms with Crippen molar-refractivity contribution in [1.82, 2.24) is 0 Å². The summed E-state index contributed by atoms with van der Waals surface area (Å²) >= 11 is 1.18. The molecule has 1 amide bonds. The van der Waals surface area contributed by atoms with Gasteiger partial charge in [0.2, 0.25) is 0 Å². The highest BCUT2D eigenvalue weighted by Crippen LogP contribution is 2.27. The first-order chi connectivity index (χ1) is 14.5. The Morgan fingerprint density at radius 2 is 1.63 bits per heavy atom. The summed E-state index contributed by atoms with van der Waals surface area (Å²) in [6, 6.07) is 18.7. The molecular weight excluding hydrogens is 402 g/mol. The maximum absolute atomic E-state index is 12.2. The highest BCUT2D eigenvalue weighted by molar-refractivity contribution is 7.18. The zero-order valence-corrected chi connectivity index (χ0v) is 17.7. The summed E-state index contributed by atoms with van der Waals surface area (Å²) in [6.45, 7) is 4.20. The van der Waals surface area contributed by atoms with Crippen LogP contribution in [0.3, 0.4) is 0 Å².